The van der Waals surface area contributed by atoms with E-state index in [9.17, 15) is 9.59 Å². The number of rotatable bonds is 13. The highest BCUT2D eigenvalue weighted by molar-refractivity contribution is 9.10. The van der Waals surface area contributed by atoms with Gasteiger partial charge in [0.2, 0.25) is 0 Å². The third kappa shape index (κ3) is 6.90. The van der Waals surface area contributed by atoms with Gasteiger partial charge >= 0.3 is 0 Å². The molecule has 0 saturated heterocycles. The SMILES string of the molecule is CCCCCCN(C(=O)c1ccc(CCCC)cc1)C(CC)c1nc2ccccc2c(=O)n1-c1ccc(Br)cc1. The largest absolute Gasteiger partial charge is 0.328 e. The molecule has 0 bridgehead atoms. The molecule has 0 aliphatic carbocycles. The predicted molar refractivity (Wildman–Crippen MR) is 168 cm³/mol. The Balaban J connectivity index is 1.82. The van der Waals surface area contributed by atoms with Gasteiger partial charge in [0.1, 0.15) is 5.82 Å². The number of halogens is 1. The van der Waals surface area contributed by atoms with E-state index in [2.05, 4.69) is 48.8 Å². The summed E-state index contributed by atoms with van der Waals surface area (Å²) < 4.78 is 2.63. The average Bonchev–Trinajstić information content (AvgIpc) is 2.98. The second-order valence-electron chi connectivity index (χ2n) is 10.4. The Bertz CT molecular complexity index is 1460. The summed E-state index contributed by atoms with van der Waals surface area (Å²) >= 11 is 3.51. The predicted octanol–water partition coefficient (Wildman–Crippen LogP) is 8.66. The molecule has 4 aromatic rings. The Hall–Kier alpha value is -3.25. The summed E-state index contributed by atoms with van der Waals surface area (Å²) in [6, 6.07) is 22.8. The van der Waals surface area contributed by atoms with E-state index >= 15 is 0 Å². The van der Waals surface area contributed by atoms with Crippen LogP contribution < -0.4 is 5.56 Å². The van der Waals surface area contributed by atoms with Crippen LogP contribution in [-0.2, 0) is 6.42 Å². The van der Waals surface area contributed by atoms with Gasteiger partial charge in [0.15, 0.2) is 0 Å². The molecule has 210 valence electrons. The van der Waals surface area contributed by atoms with Gasteiger partial charge in [-0.05, 0) is 79.8 Å². The summed E-state index contributed by atoms with van der Waals surface area (Å²) in [5.41, 5.74) is 3.18. The first-order chi connectivity index (χ1) is 19.5. The van der Waals surface area contributed by atoms with Crippen molar-refractivity contribution in [3.63, 3.8) is 0 Å². The van der Waals surface area contributed by atoms with Gasteiger partial charge in [0.05, 0.1) is 22.6 Å². The van der Waals surface area contributed by atoms with Crippen molar-refractivity contribution in [2.75, 3.05) is 6.54 Å². The molecule has 0 fully saturated rings. The summed E-state index contributed by atoms with van der Waals surface area (Å²) in [7, 11) is 0. The molecule has 3 aromatic carbocycles. The number of fused-ring (bicyclic) bond motifs is 1. The molecule has 1 amide bonds. The number of amides is 1. The fraction of sp³-hybridized carbons (Fsp3) is 0.382. The number of para-hydroxylation sites is 1. The van der Waals surface area contributed by atoms with E-state index in [0.29, 0.717) is 35.3 Å². The Kier molecular flexibility index (Phi) is 10.7. The zero-order valence-corrected chi connectivity index (χ0v) is 25.5. The van der Waals surface area contributed by atoms with E-state index < -0.39 is 0 Å². The van der Waals surface area contributed by atoms with E-state index in [1.54, 1.807) is 4.57 Å². The highest BCUT2D eigenvalue weighted by Crippen LogP contribution is 2.29. The van der Waals surface area contributed by atoms with E-state index in [-0.39, 0.29) is 17.5 Å². The van der Waals surface area contributed by atoms with Crippen LogP contribution in [0.1, 0.15) is 93.5 Å². The molecule has 0 saturated carbocycles. The van der Waals surface area contributed by atoms with Crippen molar-refractivity contribution in [3.05, 3.63) is 105 Å². The fourth-order valence-electron chi connectivity index (χ4n) is 5.22. The molecule has 1 atom stereocenters. The van der Waals surface area contributed by atoms with Crippen LogP contribution >= 0.6 is 15.9 Å². The number of hydrogen-bond acceptors (Lipinski definition) is 3. The molecule has 5 nitrogen and oxygen atoms in total. The summed E-state index contributed by atoms with van der Waals surface area (Å²) in [6.07, 6.45) is 8.14. The molecule has 0 aliphatic heterocycles. The maximum atomic E-state index is 14.2. The minimum atomic E-state index is -0.366. The van der Waals surface area contributed by atoms with E-state index in [1.807, 2.05) is 65.6 Å². The third-order valence-electron chi connectivity index (χ3n) is 7.48. The molecule has 40 heavy (non-hydrogen) atoms. The maximum Gasteiger partial charge on any atom is 0.266 e. The topological polar surface area (TPSA) is 55.2 Å². The minimum absolute atomic E-state index is 0.0184. The first kappa shape index (κ1) is 29.7. The van der Waals surface area contributed by atoms with Crippen molar-refractivity contribution >= 4 is 32.7 Å². The van der Waals surface area contributed by atoms with Crippen LogP contribution in [-0.4, -0.2) is 26.9 Å². The zero-order valence-electron chi connectivity index (χ0n) is 23.9. The van der Waals surface area contributed by atoms with Gasteiger partial charge in [-0.1, -0.05) is 86.6 Å². The van der Waals surface area contributed by atoms with Crippen LogP contribution in [0.5, 0.6) is 0 Å². The summed E-state index contributed by atoms with van der Waals surface area (Å²) in [5.74, 6) is 0.576. The molecule has 4 rings (SSSR count). The quantitative estimate of drug-likeness (QED) is 0.144. The number of carbonyl (C=O) groups is 1. The third-order valence-corrected chi connectivity index (χ3v) is 8.01. The smallest absolute Gasteiger partial charge is 0.266 e. The summed E-state index contributed by atoms with van der Waals surface area (Å²) in [5, 5.41) is 0.563. The average molecular weight is 603 g/mol. The molecule has 0 radical (unpaired) electrons. The van der Waals surface area contributed by atoms with Gasteiger partial charge in [0, 0.05) is 16.6 Å². The summed E-state index contributed by atoms with van der Waals surface area (Å²) in [4.78, 5) is 35.1. The molecular formula is C34H40BrN3O2. The van der Waals surface area contributed by atoms with Crippen molar-refractivity contribution in [1.29, 1.82) is 0 Å². The Morgan fingerprint density at radius 2 is 1.57 bits per heavy atom. The van der Waals surface area contributed by atoms with E-state index in [4.69, 9.17) is 4.98 Å². The van der Waals surface area contributed by atoms with Crippen molar-refractivity contribution in [2.45, 2.75) is 78.2 Å². The normalized spacial score (nSPS) is 12.0. The van der Waals surface area contributed by atoms with E-state index in [1.165, 1.54) is 5.56 Å². The standard InChI is InChI=1S/C34H40BrN3O2/c1-4-7-9-12-24-37(33(39)26-18-16-25(17-19-26)13-8-5-2)31(6-3)32-36-30-15-11-10-14-29(30)34(40)38(32)28-22-20-27(35)21-23-28/h10-11,14-23,31H,4-9,12-13,24H2,1-3H3. The second-order valence-corrected chi connectivity index (χ2v) is 11.3. The van der Waals surface area contributed by atoms with Crippen molar-refractivity contribution < 1.29 is 4.79 Å². The van der Waals surface area contributed by atoms with Crippen LogP contribution in [0.25, 0.3) is 16.6 Å². The highest BCUT2D eigenvalue weighted by atomic mass is 79.9. The first-order valence-corrected chi connectivity index (χ1v) is 15.4. The lowest BCUT2D eigenvalue weighted by atomic mass is 10.0. The zero-order chi connectivity index (χ0) is 28.5. The molecule has 6 heteroatoms. The highest BCUT2D eigenvalue weighted by Gasteiger charge is 2.29. The van der Waals surface area contributed by atoms with Crippen LogP contribution in [0.4, 0.5) is 0 Å². The fourth-order valence-corrected chi connectivity index (χ4v) is 5.49. The van der Waals surface area contributed by atoms with Gasteiger partial charge in [0.25, 0.3) is 11.5 Å². The number of nitrogens with zero attached hydrogens (tertiary/aromatic N) is 3. The lowest BCUT2D eigenvalue weighted by Crippen LogP contribution is -2.39. The molecule has 1 heterocycles. The van der Waals surface area contributed by atoms with Crippen LogP contribution in [0, 0.1) is 0 Å². The number of aryl methyl sites for hydroxylation is 1. The molecule has 0 spiro atoms. The van der Waals surface area contributed by atoms with E-state index in [0.717, 1.165) is 55.1 Å². The lowest BCUT2D eigenvalue weighted by molar-refractivity contribution is 0.0654. The van der Waals surface area contributed by atoms with Gasteiger partial charge in [-0.15, -0.1) is 0 Å². The number of hydrogen-bond donors (Lipinski definition) is 0. The van der Waals surface area contributed by atoms with Gasteiger partial charge in [-0.3, -0.25) is 14.2 Å². The number of benzene rings is 3. The molecular weight excluding hydrogens is 562 g/mol. The Morgan fingerprint density at radius 3 is 2.25 bits per heavy atom. The van der Waals surface area contributed by atoms with Gasteiger partial charge in [-0.2, -0.15) is 0 Å². The maximum absolute atomic E-state index is 14.2. The number of aromatic nitrogens is 2. The first-order valence-electron chi connectivity index (χ1n) is 14.7. The van der Waals surface area contributed by atoms with Crippen LogP contribution in [0.2, 0.25) is 0 Å². The van der Waals surface area contributed by atoms with Crippen molar-refractivity contribution in [1.82, 2.24) is 14.5 Å². The monoisotopic (exact) mass is 601 g/mol. The van der Waals surface area contributed by atoms with Gasteiger partial charge < -0.3 is 4.90 Å². The Morgan fingerprint density at radius 1 is 0.875 bits per heavy atom. The van der Waals surface area contributed by atoms with Crippen molar-refractivity contribution in [2.24, 2.45) is 0 Å². The summed E-state index contributed by atoms with van der Waals surface area (Å²) in [6.45, 7) is 7.05. The lowest BCUT2D eigenvalue weighted by Gasteiger charge is -2.32. The Labute approximate surface area is 246 Å². The number of unbranched alkanes of at least 4 members (excludes halogenated alkanes) is 4. The molecule has 0 aliphatic rings. The van der Waals surface area contributed by atoms with Crippen LogP contribution in [0.15, 0.2) is 82.1 Å². The second kappa shape index (κ2) is 14.4. The van der Waals surface area contributed by atoms with Gasteiger partial charge in [-0.25, -0.2) is 4.98 Å². The van der Waals surface area contributed by atoms with Crippen LogP contribution in [0.3, 0.4) is 0 Å². The minimum Gasteiger partial charge on any atom is -0.328 e. The van der Waals surface area contributed by atoms with Crippen molar-refractivity contribution in [3.8, 4) is 5.69 Å². The molecule has 0 N–H and O–H groups in total. The molecule has 1 aromatic heterocycles. The molecule has 1 unspecified atom stereocenters. The number of carbonyl (C=O) groups excluding carboxylic acids is 1.